The van der Waals surface area contributed by atoms with E-state index < -0.39 is 0 Å². The second-order valence-corrected chi connectivity index (χ2v) is 10.1. The molecule has 1 fully saturated rings. The molecule has 0 spiro atoms. The van der Waals surface area contributed by atoms with Gasteiger partial charge in [0, 0.05) is 42.0 Å². The third kappa shape index (κ3) is 4.59. The molecule has 1 aromatic carbocycles. The normalized spacial score (nSPS) is 17.4. The van der Waals surface area contributed by atoms with Crippen LogP contribution < -0.4 is 15.0 Å². The summed E-state index contributed by atoms with van der Waals surface area (Å²) >= 11 is 14.1. The van der Waals surface area contributed by atoms with E-state index >= 15 is 0 Å². The Hall–Kier alpha value is -2.98. The van der Waals surface area contributed by atoms with E-state index in [2.05, 4.69) is 44.7 Å². The molecule has 1 aliphatic heterocycles. The van der Waals surface area contributed by atoms with Gasteiger partial charge >= 0.3 is 0 Å². The van der Waals surface area contributed by atoms with Gasteiger partial charge in [-0.25, -0.2) is 4.98 Å². The highest BCUT2D eigenvalue weighted by atomic mass is 35.5. The Kier molecular flexibility index (Phi) is 7.25. The summed E-state index contributed by atoms with van der Waals surface area (Å²) in [5.74, 6) is 0.607. The number of pyridine rings is 1. The van der Waals surface area contributed by atoms with Gasteiger partial charge < -0.3 is 19.7 Å². The van der Waals surface area contributed by atoms with E-state index in [9.17, 15) is 0 Å². The van der Waals surface area contributed by atoms with Crippen molar-refractivity contribution in [3.63, 3.8) is 0 Å². The van der Waals surface area contributed by atoms with Crippen LogP contribution in [0.2, 0.25) is 5.02 Å². The predicted octanol–water partition coefficient (Wildman–Crippen LogP) is 5.80. The Bertz CT molecular complexity index is 1360. The first-order valence-electron chi connectivity index (χ1n) is 11.5. The monoisotopic (exact) mass is 539 g/mol. The van der Waals surface area contributed by atoms with Gasteiger partial charge in [-0.2, -0.15) is 0 Å². The molecular weight excluding hydrogens is 514 g/mol. The lowest BCUT2D eigenvalue weighted by molar-refractivity contribution is 0.146. The van der Waals surface area contributed by atoms with E-state index in [4.69, 9.17) is 33.3 Å². The van der Waals surface area contributed by atoms with Gasteiger partial charge in [-0.3, -0.25) is 9.55 Å². The van der Waals surface area contributed by atoms with Gasteiger partial charge in [0.1, 0.15) is 12.4 Å². The van der Waals surface area contributed by atoms with Crippen LogP contribution in [0.5, 0.6) is 5.75 Å². The molecule has 4 heterocycles. The van der Waals surface area contributed by atoms with Crippen LogP contribution in [0.3, 0.4) is 0 Å². The maximum Gasteiger partial charge on any atom is 0.193 e. The van der Waals surface area contributed by atoms with E-state index in [-0.39, 0.29) is 12.1 Å². The van der Waals surface area contributed by atoms with Crippen LogP contribution in [0.4, 0.5) is 5.69 Å². The van der Waals surface area contributed by atoms with Crippen molar-refractivity contribution in [1.82, 2.24) is 19.9 Å². The SMILES string of the molecule is COCCOc1ccc(N2C(=S)N[C@@H](c3ccccn3)[C@H]2c2cc(C)n(-c3nccs3)c2C)cc1Cl. The minimum atomic E-state index is -0.152. The maximum absolute atomic E-state index is 6.63. The van der Waals surface area contributed by atoms with Crippen molar-refractivity contribution in [3.8, 4) is 10.9 Å². The molecule has 5 rings (SSSR count). The highest BCUT2D eigenvalue weighted by Gasteiger charge is 2.42. The standard InChI is InChI=1S/C26H26ClN5O2S2/c1-16-14-19(17(2)31(16)26-29-10-13-36-26)24-23(21-6-4-5-9-28-21)30-25(35)32(24)18-7-8-22(20(27)15-18)34-12-11-33-3/h4-10,13-15,23-24H,11-12H2,1-3H3,(H,30,35)/t23-,24+/m0/s1. The Morgan fingerprint density at radius 2 is 1.97 bits per heavy atom. The first-order valence-corrected chi connectivity index (χ1v) is 13.2. The zero-order valence-electron chi connectivity index (χ0n) is 20.1. The third-order valence-corrected chi connectivity index (χ3v) is 7.60. The van der Waals surface area contributed by atoms with Crippen LogP contribution in [0, 0.1) is 13.8 Å². The number of ether oxygens (including phenoxy) is 2. The van der Waals surface area contributed by atoms with Crippen molar-refractivity contribution in [2.24, 2.45) is 0 Å². The van der Waals surface area contributed by atoms with Crippen molar-refractivity contribution in [1.29, 1.82) is 0 Å². The van der Waals surface area contributed by atoms with E-state index in [0.717, 1.165) is 33.5 Å². The molecule has 10 heteroatoms. The van der Waals surface area contributed by atoms with E-state index in [1.54, 1.807) is 18.4 Å². The first kappa shape index (κ1) is 24.7. The third-order valence-electron chi connectivity index (χ3n) is 6.24. The number of halogens is 1. The molecule has 0 bridgehead atoms. The summed E-state index contributed by atoms with van der Waals surface area (Å²) in [6.07, 6.45) is 3.63. The molecule has 36 heavy (non-hydrogen) atoms. The van der Waals surface area contributed by atoms with E-state index in [0.29, 0.717) is 29.1 Å². The topological polar surface area (TPSA) is 64.4 Å². The molecule has 0 aliphatic carbocycles. The van der Waals surface area contributed by atoms with E-state index in [1.165, 1.54) is 0 Å². The summed E-state index contributed by atoms with van der Waals surface area (Å²) in [6, 6.07) is 13.6. The number of nitrogens with one attached hydrogen (secondary N) is 1. The van der Waals surface area contributed by atoms with Crippen molar-refractivity contribution in [2.45, 2.75) is 25.9 Å². The van der Waals surface area contributed by atoms with Crippen LogP contribution in [-0.4, -0.2) is 40.0 Å². The molecule has 0 unspecified atom stereocenters. The lowest BCUT2D eigenvalue weighted by atomic mass is 9.96. The first-order chi connectivity index (χ1) is 17.5. The number of benzene rings is 1. The Morgan fingerprint density at radius 3 is 2.67 bits per heavy atom. The highest BCUT2D eigenvalue weighted by Crippen LogP contribution is 2.45. The number of thiocarbonyl (C=S) groups is 1. The molecular formula is C26H26ClN5O2S2. The van der Waals surface area contributed by atoms with Crippen LogP contribution in [0.15, 0.2) is 60.2 Å². The van der Waals surface area contributed by atoms with Crippen LogP contribution in [-0.2, 0) is 4.74 Å². The number of rotatable bonds is 8. The fraction of sp³-hybridized carbons (Fsp3) is 0.269. The maximum atomic E-state index is 6.63. The predicted molar refractivity (Wildman–Crippen MR) is 148 cm³/mol. The summed E-state index contributed by atoms with van der Waals surface area (Å²) in [4.78, 5) is 11.3. The van der Waals surface area contributed by atoms with Gasteiger partial charge in [-0.15, -0.1) is 11.3 Å². The number of hydrogen-bond donors (Lipinski definition) is 1. The molecule has 3 aromatic heterocycles. The number of nitrogens with zero attached hydrogens (tertiary/aromatic N) is 4. The second-order valence-electron chi connectivity index (χ2n) is 8.43. The van der Waals surface area contributed by atoms with Crippen molar-refractivity contribution < 1.29 is 9.47 Å². The van der Waals surface area contributed by atoms with Crippen LogP contribution >= 0.6 is 35.2 Å². The number of methoxy groups -OCH3 is 1. The number of aryl methyl sites for hydroxylation is 1. The molecule has 1 aliphatic rings. The molecule has 0 radical (unpaired) electrons. The molecule has 4 aromatic rings. The fourth-order valence-corrected chi connectivity index (χ4v) is 5.98. The van der Waals surface area contributed by atoms with Gasteiger partial charge in [0.2, 0.25) is 0 Å². The number of thiazole rings is 1. The molecule has 7 nitrogen and oxygen atoms in total. The molecule has 1 saturated heterocycles. The Balaban J connectivity index is 1.59. The van der Waals surface area contributed by atoms with Crippen LogP contribution in [0.25, 0.3) is 5.13 Å². The highest BCUT2D eigenvalue weighted by molar-refractivity contribution is 7.80. The largest absolute Gasteiger partial charge is 0.490 e. The van der Waals surface area contributed by atoms with Crippen molar-refractivity contribution in [3.05, 3.63) is 87.9 Å². The fourth-order valence-electron chi connectivity index (χ4n) is 4.65. The average Bonchev–Trinajstić information content (AvgIpc) is 3.58. The minimum absolute atomic E-state index is 0.149. The summed E-state index contributed by atoms with van der Waals surface area (Å²) in [7, 11) is 1.64. The van der Waals surface area contributed by atoms with Crippen LogP contribution in [0.1, 0.15) is 34.7 Å². The quantitative estimate of drug-likeness (QED) is 0.224. The van der Waals surface area contributed by atoms with Gasteiger partial charge in [-0.05, 0) is 68.0 Å². The minimum Gasteiger partial charge on any atom is -0.490 e. The van der Waals surface area contributed by atoms with E-state index in [1.807, 2.05) is 54.2 Å². The molecule has 186 valence electrons. The Morgan fingerprint density at radius 1 is 1.11 bits per heavy atom. The zero-order valence-corrected chi connectivity index (χ0v) is 22.5. The lowest BCUT2D eigenvalue weighted by Crippen LogP contribution is -2.29. The molecule has 0 amide bonds. The Labute approximate surface area is 224 Å². The summed E-state index contributed by atoms with van der Waals surface area (Å²) < 4.78 is 13.0. The van der Waals surface area contributed by atoms with Gasteiger partial charge in [0.15, 0.2) is 10.2 Å². The second kappa shape index (κ2) is 10.6. The summed E-state index contributed by atoms with van der Waals surface area (Å²) in [6.45, 7) is 5.13. The summed E-state index contributed by atoms with van der Waals surface area (Å²) in [5.41, 5.74) is 5.14. The number of anilines is 1. The van der Waals surface area contributed by atoms with Crippen molar-refractivity contribution >= 4 is 46.0 Å². The smallest absolute Gasteiger partial charge is 0.193 e. The number of hydrogen-bond acceptors (Lipinski definition) is 6. The lowest BCUT2D eigenvalue weighted by Gasteiger charge is -2.28. The zero-order chi connectivity index (χ0) is 25.2. The van der Waals surface area contributed by atoms with Gasteiger partial charge in [0.25, 0.3) is 0 Å². The van der Waals surface area contributed by atoms with Gasteiger partial charge in [-0.1, -0.05) is 17.7 Å². The average molecular weight is 540 g/mol. The molecule has 0 saturated carbocycles. The van der Waals surface area contributed by atoms with Gasteiger partial charge in [0.05, 0.1) is 29.4 Å². The molecule has 1 N–H and O–H groups in total. The summed E-state index contributed by atoms with van der Waals surface area (Å²) in [5, 5.41) is 7.56. The number of aromatic nitrogens is 3. The van der Waals surface area contributed by atoms with Crippen molar-refractivity contribution in [2.75, 3.05) is 25.2 Å². The molecule has 2 atom stereocenters.